The number of hydrogen-bond donors (Lipinski definition) is 1. The molecule has 116 valence electrons. The van der Waals surface area contributed by atoms with Gasteiger partial charge in [0, 0.05) is 51.0 Å². The fraction of sp³-hybridized carbons (Fsp3) is 0.714. The smallest absolute Gasteiger partial charge is 0.0950 e. The Labute approximate surface area is 133 Å². The second-order valence-corrected chi connectivity index (χ2v) is 5.24. The number of piperazine rings is 1. The van der Waals surface area contributed by atoms with E-state index >= 15 is 0 Å². The van der Waals surface area contributed by atoms with Crippen molar-refractivity contribution < 1.29 is 9.15 Å². The lowest BCUT2D eigenvalue weighted by Crippen LogP contribution is -2.47. The number of hydrogen-bond acceptors (Lipinski definition) is 4. The largest absolute Gasteiger partial charge is 0.472 e. The summed E-state index contributed by atoms with van der Waals surface area (Å²) >= 11 is 0. The van der Waals surface area contributed by atoms with Crippen LogP contribution in [-0.4, -0.2) is 44.3 Å². The Kier molecular flexibility index (Phi) is 7.92. The van der Waals surface area contributed by atoms with Gasteiger partial charge in [-0.3, -0.25) is 4.90 Å². The molecule has 3 heterocycles. The first-order chi connectivity index (χ1) is 8.95. The number of ether oxygens (including phenoxy) is 1. The standard InChI is InChI=1S/C14H22N2O2.2ClH/c1-8-17-9-2-12(1)14(13-3-10-18-11-13)16-6-4-15-5-7-16;;/h3,10-12,14-15H,1-2,4-9H2;2*1H/t14-;;/m1../s1. The molecule has 0 unspecified atom stereocenters. The molecule has 6 heteroatoms. The molecule has 0 bridgehead atoms. The van der Waals surface area contributed by atoms with E-state index < -0.39 is 0 Å². The van der Waals surface area contributed by atoms with Crippen molar-refractivity contribution in [2.45, 2.75) is 18.9 Å². The molecule has 2 aliphatic rings. The average Bonchev–Trinajstić information content (AvgIpc) is 2.95. The Morgan fingerprint density at radius 1 is 1.15 bits per heavy atom. The van der Waals surface area contributed by atoms with Crippen LogP contribution in [0.15, 0.2) is 23.0 Å². The van der Waals surface area contributed by atoms with Crippen LogP contribution in [0.2, 0.25) is 0 Å². The fourth-order valence-corrected chi connectivity index (χ4v) is 3.22. The SMILES string of the molecule is Cl.Cl.c1cc([C@@H](C2CCOCC2)N2CCNCC2)co1. The van der Waals surface area contributed by atoms with Crippen LogP contribution in [-0.2, 0) is 4.74 Å². The minimum Gasteiger partial charge on any atom is -0.472 e. The van der Waals surface area contributed by atoms with E-state index in [1.807, 2.05) is 6.26 Å². The summed E-state index contributed by atoms with van der Waals surface area (Å²) in [6, 6.07) is 2.64. The van der Waals surface area contributed by atoms with Gasteiger partial charge in [-0.1, -0.05) is 0 Å². The molecule has 0 saturated carbocycles. The molecule has 0 spiro atoms. The first kappa shape index (κ1) is 17.8. The second-order valence-electron chi connectivity index (χ2n) is 5.24. The molecule has 2 aliphatic heterocycles. The summed E-state index contributed by atoms with van der Waals surface area (Å²) < 4.78 is 10.8. The third-order valence-electron chi connectivity index (χ3n) is 4.14. The predicted molar refractivity (Wildman–Crippen MR) is 83.9 cm³/mol. The molecule has 0 aliphatic carbocycles. The molecule has 3 rings (SSSR count). The molecule has 20 heavy (non-hydrogen) atoms. The zero-order valence-corrected chi connectivity index (χ0v) is 13.3. The van der Waals surface area contributed by atoms with E-state index in [1.165, 1.54) is 18.4 Å². The molecule has 1 aromatic heterocycles. The summed E-state index contributed by atoms with van der Waals surface area (Å²) in [6.07, 6.45) is 6.05. The van der Waals surface area contributed by atoms with E-state index in [-0.39, 0.29) is 24.8 Å². The predicted octanol–water partition coefficient (Wildman–Crippen LogP) is 2.50. The van der Waals surface area contributed by atoms with E-state index in [4.69, 9.17) is 9.15 Å². The van der Waals surface area contributed by atoms with Gasteiger partial charge in [0.1, 0.15) is 0 Å². The van der Waals surface area contributed by atoms with Gasteiger partial charge in [-0.25, -0.2) is 0 Å². The van der Waals surface area contributed by atoms with Crippen LogP contribution in [0.4, 0.5) is 0 Å². The van der Waals surface area contributed by atoms with Gasteiger partial charge in [0.15, 0.2) is 0 Å². The summed E-state index contributed by atoms with van der Waals surface area (Å²) in [7, 11) is 0. The summed E-state index contributed by atoms with van der Waals surface area (Å²) in [5.74, 6) is 0.703. The maximum Gasteiger partial charge on any atom is 0.0950 e. The van der Waals surface area contributed by atoms with Crippen molar-refractivity contribution in [1.82, 2.24) is 10.2 Å². The van der Waals surface area contributed by atoms with Gasteiger partial charge in [-0.2, -0.15) is 0 Å². The number of nitrogens with one attached hydrogen (secondary N) is 1. The molecule has 1 N–H and O–H groups in total. The summed E-state index contributed by atoms with van der Waals surface area (Å²) in [5, 5.41) is 3.43. The van der Waals surface area contributed by atoms with Gasteiger partial charge in [0.05, 0.1) is 12.5 Å². The normalized spacial score (nSPS) is 22.6. The van der Waals surface area contributed by atoms with E-state index in [0.29, 0.717) is 12.0 Å². The van der Waals surface area contributed by atoms with Gasteiger partial charge in [0.25, 0.3) is 0 Å². The monoisotopic (exact) mass is 322 g/mol. The fourth-order valence-electron chi connectivity index (χ4n) is 3.22. The first-order valence-electron chi connectivity index (χ1n) is 7.00. The first-order valence-corrected chi connectivity index (χ1v) is 7.00. The average molecular weight is 323 g/mol. The van der Waals surface area contributed by atoms with E-state index in [0.717, 1.165) is 39.4 Å². The molecular weight excluding hydrogens is 299 g/mol. The minimum atomic E-state index is 0. The van der Waals surface area contributed by atoms with Gasteiger partial charge >= 0.3 is 0 Å². The highest BCUT2D eigenvalue weighted by Gasteiger charge is 2.31. The Morgan fingerprint density at radius 2 is 1.85 bits per heavy atom. The molecule has 2 saturated heterocycles. The van der Waals surface area contributed by atoms with Crippen LogP contribution in [0.3, 0.4) is 0 Å². The molecule has 2 fully saturated rings. The lowest BCUT2D eigenvalue weighted by atomic mass is 9.86. The number of furan rings is 1. The van der Waals surface area contributed by atoms with E-state index in [9.17, 15) is 0 Å². The van der Waals surface area contributed by atoms with E-state index in [1.54, 1.807) is 6.26 Å². The molecule has 0 radical (unpaired) electrons. The third kappa shape index (κ3) is 4.12. The molecule has 4 nitrogen and oxygen atoms in total. The lowest BCUT2D eigenvalue weighted by molar-refractivity contribution is 0.0211. The zero-order chi connectivity index (χ0) is 12.2. The Bertz CT molecular complexity index is 332. The number of rotatable bonds is 3. The van der Waals surface area contributed by atoms with Crippen LogP contribution in [0, 0.1) is 5.92 Å². The lowest BCUT2D eigenvalue weighted by Gasteiger charge is -2.40. The van der Waals surface area contributed by atoms with Gasteiger partial charge in [-0.15, -0.1) is 24.8 Å². The van der Waals surface area contributed by atoms with Crippen molar-refractivity contribution in [2.75, 3.05) is 39.4 Å². The molecule has 0 amide bonds. The maximum atomic E-state index is 5.50. The minimum absolute atomic E-state index is 0. The van der Waals surface area contributed by atoms with Crippen molar-refractivity contribution in [3.05, 3.63) is 24.2 Å². The quantitative estimate of drug-likeness (QED) is 0.927. The zero-order valence-electron chi connectivity index (χ0n) is 11.6. The second kappa shape index (κ2) is 8.90. The van der Waals surface area contributed by atoms with Gasteiger partial charge in [-0.05, 0) is 24.8 Å². The van der Waals surface area contributed by atoms with Crippen molar-refractivity contribution >= 4 is 24.8 Å². The van der Waals surface area contributed by atoms with Gasteiger partial charge < -0.3 is 14.5 Å². The van der Waals surface area contributed by atoms with Gasteiger partial charge in [0.2, 0.25) is 0 Å². The topological polar surface area (TPSA) is 37.6 Å². The maximum absolute atomic E-state index is 5.50. The van der Waals surface area contributed by atoms with Crippen LogP contribution in [0.25, 0.3) is 0 Å². The highest BCUT2D eigenvalue weighted by atomic mass is 35.5. The molecule has 1 atom stereocenters. The Balaban J connectivity index is 0.000001000. The highest BCUT2D eigenvalue weighted by Crippen LogP contribution is 2.35. The molecule has 0 aromatic carbocycles. The summed E-state index contributed by atoms with van der Waals surface area (Å²) in [5.41, 5.74) is 1.34. The third-order valence-corrected chi connectivity index (χ3v) is 4.14. The highest BCUT2D eigenvalue weighted by molar-refractivity contribution is 5.85. The Hall–Kier alpha value is -0.260. The number of halogens is 2. The van der Waals surface area contributed by atoms with Crippen molar-refractivity contribution in [1.29, 1.82) is 0 Å². The molecular formula is C14H24Cl2N2O2. The van der Waals surface area contributed by atoms with E-state index in [2.05, 4.69) is 16.3 Å². The van der Waals surface area contributed by atoms with Crippen molar-refractivity contribution in [3.8, 4) is 0 Å². The summed E-state index contributed by atoms with van der Waals surface area (Å²) in [4.78, 5) is 2.61. The van der Waals surface area contributed by atoms with Crippen LogP contribution < -0.4 is 5.32 Å². The Morgan fingerprint density at radius 3 is 2.45 bits per heavy atom. The van der Waals surface area contributed by atoms with Crippen LogP contribution >= 0.6 is 24.8 Å². The van der Waals surface area contributed by atoms with Crippen LogP contribution in [0.5, 0.6) is 0 Å². The van der Waals surface area contributed by atoms with Crippen molar-refractivity contribution in [2.24, 2.45) is 5.92 Å². The molecule has 1 aromatic rings. The summed E-state index contributed by atoms with van der Waals surface area (Å²) in [6.45, 7) is 6.27. The number of nitrogens with zero attached hydrogens (tertiary/aromatic N) is 1. The van der Waals surface area contributed by atoms with Crippen molar-refractivity contribution in [3.63, 3.8) is 0 Å². The van der Waals surface area contributed by atoms with Crippen LogP contribution in [0.1, 0.15) is 24.4 Å².